The first-order valence-electron chi connectivity index (χ1n) is 18.0. The summed E-state index contributed by atoms with van der Waals surface area (Å²) < 4.78 is 39.6. The third-order valence-corrected chi connectivity index (χ3v) is 9.62. The van der Waals surface area contributed by atoms with Gasteiger partial charge < -0.3 is 24.5 Å². The number of piperazine rings is 1. The number of aromatic nitrogens is 1. The fourth-order valence-corrected chi connectivity index (χ4v) is 6.41. The molecule has 1 aliphatic rings. The van der Waals surface area contributed by atoms with E-state index >= 15 is 0 Å². The minimum Gasteiger partial charge on any atom is -0.368 e. The number of anilines is 1. The third-order valence-electron chi connectivity index (χ3n) is 9.62. The van der Waals surface area contributed by atoms with Crippen LogP contribution in [0.4, 0.5) is 18.9 Å². The molecule has 1 aromatic heterocycles. The molecule has 4 aromatic rings. The fourth-order valence-electron chi connectivity index (χ4n) is 6.41. The Hall–Kier alpha value is -5.49. The molecule has 0 radical (unpaired) electrons. The summed E-state index contributed by atoms with van der Waals surface area (Å²) in [5.74, 6) is -0.621. The Morgan fingerprint density at radius 1 is 0.796 bits per heavy atom. The van der Waals surface area contributed by atoms with Crippen molar-refractivity contribution in [1.82, 2.24) is 24.6 Å². The predicted octanol–water partition coefficient (Wildman–Crippen LogP) is 6.01. The second-order valence-corrected chi connectivity index (χ2v) is 13.6. The molecular weight excluding hydrogens is 693 g/mol. The maximum absolute atomic E-state index is 14.4. The first kappa shape index (κ1) is 39.7. The Morgan fingerprint density at radius 2 is 1.46 bits per heavy atom. The van der Waals surface area contributed by atoms with Gasteiger partial charge in [-0.1, -0.05) is 60.7 Å². The van der Waals surface area contributed by atoms with Crippen molar-refractivity contribution in [1.29, 1.82) is 0 Å². The van der Waals surface area contributed by atoms with Crippen LogP contribution >= 0.6 is 0 Å². The molecule has 0 N–H and O–H groups in total. The molecule has 2 heterocycles. The number of benzene rings is 3. The van der Waals surface area contributed by atoms with Gasteiger partial charge in [-0.25, -0.2) is 0 Å². The molecule has 54 heavy (non-hydrogen) atoms. The molecule has 1 aliphatic heterocycles. The van der Waals surface area contributed by atoms with Crippen LogP contribution in [-0.2, 0) is 40.1 Å². The van der Waals surface area contributed by atoms with Gasteiger partial charge >= 0.3 is 6.18 Å². The van der Waals surface area contributed by atoms with Gasteiger partial charge in [0.1, 0.15) is 6.04 Å². The largest absolute Gasteiger partial charge is 0.416 e. The average Bonchev–Trinajstić information content (AvgIpc) is 3.18. The zero-order valence-electron chi connectivity index (χ0n) is 31.0. The number of likely N-dealkylation sites (N-methyl/N-ethyl adjacent to an activating group) is 2. The van der Waals surface area contributed by atoms with Crippen LogP contribution in [0.1, 0.15) is 34.7 Å². The van der Waals surface area contributed by atoms with Crippen LogP contribution in [0.5, 0.6) is 0 Å². The van der Waals surface area contributed by atoms with Gasteiger partial charge in [-0.15, -0.1) is 0 Å². The number of carbonyl (C=O) groups is 3. The molecule has 9 nitrogen and oxygen atoms in total. The molecule has 1 fully saturated rings. The smallest absolute Gasteiger partial charge is 0.368 e. The SMILES string of the molecule is CC(=O)N1CCN(c2ccc(CN(C(=O)/C=C/c3ccc(C(F)(F)F)cc3)[C@@H](Cc3ccccc3)C(=O)N(C)CCN(C)Cc3cccnc3)cc2)CC1. The maximum atomic E-state index is 14.4. The van der Waals surface area contributed by atoms with Gasteiger partial charge in [-0.3, -0.25) is 19.4 Å². The number of alkyl halides is 3. The molecule has 0 saturated carbocycles. The normalized spacial score (nSPS) is 14.0. The molecule has 0 bridgehead atoms. The minimum atomic E-state index is -4.47. The number of pyridine rings is 1. The molecular formula is C42H47F3N6O3. The van der Waals surface area contributed by atoms with Crippen molar-refractivity contribution in [2.24, 2.45) is 0 Å². The van der Waals surface area contributed by atoms with Crippen LogP contribution in [0.25, 0.3) is 6.08 Å². The number of rotatable bonds is 14. The van der Waals surface area contributed by atoms with Crippen molar-refractivity contribution in [3.63, 3.8) is 0 Å². The number of carbonyl (C=O) groups excluding carboxylic acids is 3. The van der Waals surface area contributed by atoms with E-state index in [2.05, 4.69) is 14.8 Å². The van der Waals surface area contributed by atoms with Crippen LogP contribution in [0, 0.1) is 0 Å². The van der Waals surface area contributed by atoms with Crippen LogP contribution in [0.3, 0.4) is 0 Å². The van der Waals surface area contributed by atoms with Crippen LogP contribution in [-0.4, -0.2) is 102 Å². The Labute approximate surface area is 315 Å². The zero-order valence-corrected chi connectivity index (χ0v) is 31.0. The Balaban J connectivity index is 1.40. The lowest BCUT2D eigenvalue weighted by Gasteiger charge is -2.36. The summed E-state index contributed by atoms with van der Waals surface area (Å²) in [7, 11) is 3.71. The number of amides is 3. The van der Waals surface area contributed by atoms with Crippen LogP contribution in [0.2, 0.25) is 0 Å². The summed E-state index contributed by atoms with van der Waals surface area (Å²) in [6.07, 6.45) is 2.11. The van der Waals surface area contributed by atoms with E-state index in [9.17, 15) is 27.6 Å². The molecule has 0 spiro atoms. The van der Waals surface area contributed by atoms with E-state index in [1.54, 1.807) is 30.0 Å². The molecule has 1 saturated heterocycles. The van der Waals surface area contributed by atoms with Gasteiger partial charge in [0.2, 0.25) is 17.7 Å². The van der Waals surface area contributed by atoms with Crippen molar-refractivity contribution < 1.29 is 27.6 Å². The summed E-state index contributed by atoms with van der Waals surface area (Å²) in [6.45, 7) is 6.03. The van der Waals surface area contributed by atoms with E-state index in [-0.39, 0.29) is 24.8 Å². The second-order valence-electron chi connectivity index (χ2n) is 13.6. The molecule has 0 unspecified atom stereocenters. The Bertz CT molecular complexity index is 1850. The lowest BCUT2D eigenvalue weighted by molar-refractivity contribution is -0.143. The summed E-state index contributed by atoms with van der Waals surface area (Å²) >= 11 is 0. The highest BCUT2D eigenvalue weighted by Crippen LogP contribution is 2.29. The number of hydrogen-bond acceptors (Lipinski definition) is 6. The average molecular weight is 741 g/mol. The van der Waals surface area contributed by atoms with E-state index in [0.29, 0.717) is 51.4 Å². The Morgan fingerprint density at radius 3 is 2.07 bits per heavy atom. The zero-order chi connectivity index (χ0) is 38.7. The van der Waals surface area contributed by atoms with E-state index < -0.39 is 23.7 Å². The van der Waals surface area contributed by atoms with E-state index in [4.69, 9.17) is 0 Å². The van der Waals surface area contributed by atoms with Gasteiger partial charge in [0.25, 0.3) is 0 Å². The summed E-state index contributed by atoms with van der Waals surface area (Å²) in [6, 6.07) is 24.9. The highest BCUT2D eigenvalue weighted by molar-refractivity contribution is 5.95. The first-order chi connectivity index (χ1) is 25.9. The predicted molar refractivity (Wildman–Crippen MR) is 204 cm³/mol. The van der Waals surface area contributed by atoms with Crippen molar-refractivity contribution in [2.45, 2.75) is 38.7 Å². The van der Waals surface area contributed by atoms with Gasteiger partial charge in [-0.2, -0.15) is 13.2 Å². The summed E-state index contributed by atoms with van der Waals surface area (Å²) in [4.78, 5) is 54.0. The standard InChI is InChI=1S/C42H47F3N6O3/c1-32(52)49-24-26-50(27-25-49)38-18-13-35(14-19-38)31-51(40(53)20-15-33-11-16-37(17-12-33)42(43,44)45)39(28-34-8-5-4-6-9-34)41(54)48(3)23-22-47(2)30-36-10-7-21-46-29-36/h4-21,29,39H,22-28,30-31H2,1-3H3/b20-15+/t39-/m0/s1. The molecule has 3 amide bonds. The second kappa shape index (κ2) is 18.5. The molecule has 3 aromatic carbocycles. The molecule has 284 valence electrons. The highest BCUT2D eigenvalue weighted by atomic mass is 19.4. The van der Waals surface area contributed by atoms with Crippen molar-refractivity contribution in [3.05, 3.63) is 137 Å². The topological polar surface area (TPSA) is 80.3 Å². The maximum Gasteiger partial charge on any atom is 0.416 e. The number of hydrogen-bond donors (Lipinski definition) is 0. The molecule has 5 rings (SSSR count). The first-order valence-corrected chi connectivity index (χ1v) is 18.0. The van der Waals surface area contributed by atoms with Gasteiger partial charge in [0, 0.05) is 96.9 Å². The monoisotopic (exact) mass is 740 g/mol. The van der Waals surface area contributed by atoms with E-state index in [0.717, 1.165) is 34.5 Å². The van der Waals surface area contributed by atoms with E-state index in [1.807, 2.05) is 84.9 Å². The molecule has 0 aliphatic carbocycles. The Kier molecular flexibility index (Phi) is 13.6. The minimum absolute atomic E-state index is 0.0594. The van der Waals surface area contributed by atoms with Crippen LogP contribution < -0.4 is 4.90 Å². The lowest BCUT2D eigenvalue weighted by Crippen LogP contribution is -2.51. The third kappa shape index (κ3) is 11.3. The van der Waals surface area contributed by atoms with Crippen molar-refractivity contribution in [2.75, 3.05) is 58.3 Å². The number of nitrogens with zero attached hydrogens (tertiary/aromatic N) is 6. The lowest BCUT2D eigenvalue weighted by atomic mass is 10.0. The summed E-state index contributed by atoms with van der Waals surface area (Å²) in [5, 5.41) is 0. The number of halogens is 3. The summed E-state index contributed by atoms with van der Waals surface area (Å²) in [5.41, 5.74) is 3.38. The fraction of sp³-hybridized carbons (Fsp3) is 0.333. The quantitative estimate of drug-likeness (QED) is 0.148. The molecule has 1 atom stereocenters. The van der Waals surface area contributed by atoms with Gasteiger partial charge in [0.15, 0.2) is 0 Å². The van der Waals surface area contributed by atoms with E-state index in [1.165, 1.54) is 24.3 Å². The van der Waals surface area contributed by atoms with Crippen molar-refractivity contribution in [3.8, 4) is 0 Å². The van der Waals surface area contributed by atoms with Crippen molar-refractivity contribution >= 4 is 29.5 Å². The van der Waals surface area contributed by atoms with Crippen LogP contribution in [0.15, 0.2) is 109 Å². The highest BCUT2D eigenvalue weighted by Gasteiger charge is 2.32. The molecule has 12 heteroatoms. The van der Waals surface area contributed by atoms with Gasteiger partial charge in [0.05, 0.1) is 5.56 Å². The van der Waals surface area contributed by atoms with Gasteiger partial charge in [-0.05, 0) is 65.7 Å².